The Morgan fingerprint density at radius 3 is 2.44 bits per heavy atom. The molecule has 1 heterocycles. The van der Waals surface area contributed by atoms with E-state index in [1.165, 1.54) is 5.56 Å². The molecule has 2 unspecified atom stereocenters. The van der Waals surface area contributed by atoms with E-state index in [2.05, 4.69) is 17.4 Å². The van der Waals surface area contributed by atoms with Crippen LogP contribution in [-0.4, -0.2) is 6.54 Å². The van der Waals surface area contributed by atoms with E-state index >= 15 is 0 Å². The molecule has 2 heteroatoms. The molecule has 1 nitrogen and oxygen atoms in total. The van der Waals surface area contributed by atoms with Gasteiger partial charge in [0.1, 0.15) is 5.82 Å². The van der Waals surface area contributed by atoms with Crippen LogP contribution in [0.3, 0.4) is 0 Å². The van der Waals surface area contributed by atoms with Gasteiger partial charge in [-0.1, -0.05) is 48.5 Å². The number of rotatable bonds is 2. The van der Waals surface area contributed by atoms with Gasteiger partial charge in [0.25, 0.3) is 0 Å². The first-order valence-electron chi connectivity index (χ1n) is 6.39. The van der Waals surface area contributed by atoms with Gasteiger partial charge in [-0.2, -0.15) is 0 Å². The van der Waals surface area contributed by atoms with Crippen molar-refractivity contribution in [3.8, 4) is 0 Å². The van der Waals surface area contributed by atoms with Crippen LogP contribution in [0.1, 0.15) is 29.5 Å². The minimum absolute atomic E-state index is 0.0906. The van der Waals surface area contributed by atoms with Crippen molar-refractivity contribution in [1.82, 2.24) is 5.32 Å². The summed E-state index contributed by atoms with van der Waals surface area (Å²) in [4.78, 5) is 0. The Morgan fingerprint density at radius 2 is 1.67 bits per heavy atom. The Morgan fingerprint density at radius 1 is 0.944 bits per heavy atom. The van der Waals surface area contributed by atoms with Crippen molar-refractivity contribution in [2.45, 2.75) is 18.4 Å². The van der Waals surface area contributed by atoms with Crippen LogP contribution >= 0.6 is 0 Å². The highest BCUT2D eigenvalue weighted by Crippen LogP contribution is 2.38. The lowest BCUT2D eigenvalue weighted by Gasteiger charge is -2.20. The average Bonchev–Trinajstić information content (AvgIpc) is 2.89. The lowest BCUT2D eigenvalue weighted by Crippen LogP contribution is -2.17. The summed E-state index contributed by atoms with van der Waals surface area (Å²) in [5.74, 6) is 0.140. The van der Waals surface area contributed by atoms with Gasteiger partial charge in [-0.05, 0) is 30.2 Å². The first kappa shape index (κ1) is 11.4. The van der Waals surface area contributed by atoms with Crippen LogP contribution in [0.2, 0.25) is 0 Å². The summed E-state index contributed by atoms with van der Waals surface area (Å²) < 4.78 is 13.9. The van der Waals surface area contributed by atoms with Crippen LogP contribution in [0, 0.1) is 5.82 Å². The van der Waals surface area contributed by atoms with Gasteiger partial charge in [-0.25, -0.2) is 4.39 Å². The minimum atomic E-state index is -0.0906. The highest BCUT2D eigenvalue weighted by Gasteiger charge is 2.30. The number of benzene rings is 2. The zero-order chi connectivity index (χ0) is 12.4. The number of nitrogens with one attached hydrogen (secondary N) is 1. The zero-order valence-corrected chi connectivity index (χ0v) is 10.1. The molecule has 2 aromatic rings. The fraction of sp³-hybridized carbons (Fsp3) is 0.250. The van der Waals surface area contributed by atoms with Crippen LogP contribution in [0.4, 0.5) is 4.39 Å². The molecule has 92 valence electrons. The normalized spacial score (nSPS) is 23.2. The van der Waals surface area contributed by atoms with E-state index in [9.17, 15) is 4.39 Å². The largest absolute Gasteiger partial charge is 0.309 e. The van der Waals surface area contributed by atoms with Crippen molar-refractivity contribution < 1.29 is 4.39 Å². The molecule has 1 aliphatic heterocycles. The number of hydrogen-bond acceptors (Lipinski definition) is 1. The summed E-state index contributed by atoms with van der Waals surface area (Å²) in [6.45, 7) is 0.943. The third kappa shape index (κ3) is 2.04. The van der Waals surface area contributed by atoms with E-state index < -0.39 is 0 Å². The molecule has 2 atom stereocenters. The fourth-order valence-corrected chi connectivity index (χ4v) is 2.82. The monoisotopic (exact) mass is 241 g/mol. The quantitative estimate of drug-likeness (QED) is 0.846. The van der Waals surface area contributed by atoms with Crippen LogP contribution in [-0.2, 0) is 0 Å². The van der Waals surface area contributed by atoms with E-state index in [4.69, 9.17) is 0 Å². The van der Waals surface area contributed by atoms with E-state index in [0.29, 0.717) is 0 Å². The van der Waals surface area contributed by atoms with Gasteiger partial charge >= 0.3 is 0 Å². The summed E-state index contributed by atoms with van der Waals surface area (Å²) in [7, 11) is 0. The van der Waals surface area contributed by atoms with Gasteiger partial charge in [0, 0.05) is 12.0 Å². The molecule has 18 heavy (non-hydrogen) atoms. The zero-order valence-electron chi connectivity index (χ0n) is 10.1. The van der Waals surface area contributed by atoms with Crippen molar-refractivity contribution in [2.75, 3.05) is 6.54 Å². The molecule has 1 saturated heterocycles. The average molecular weight is 241 g/mol. The van der Waals surface area contributed by atoms with Crippen LogP contribution in [0.15, 0.2) is 54.6 Å². The lowest BCUT2D eigenvalue weighted by atomic mass is 9.88. The molecular formula is C16H16FN. The molecule has 1 N–H and O–H groups in total. The Hall–Kier alpha value is -1.67. The summed E-state index contributed by atoms with van der Waals surface area (Å²) in [6, 6.07) is 17.6. The SMILES string of the molecule is Fc1ccccc1C1CCNC1c1ccccc1. The maximum atomic E-state index is 13.9. The third-order valence-electron chi connectivity index (χ3n) is 3.69. The predicted octanol–water partition coefficient (Wildman–Crippen LogP) is 3.64. The van der Waals surface area contributed by atoms with Gasteiger partial charge in [-0.15, -0.1) is 0 Å². The maximum Gasteiger partial charge on any atom is 0.126 e. The molecule has 2 aromatic carbocycles. The fourth-order valence-electron chi connectivity index (χ4n) is 2.82. The van der Waals surface area contributed by atoms with Crippen molar-refractivity contribution in [3.63, 3.8) is 0 Å². The molecule has 0 aliphatic carbocycles. The molecule has 0 radical (unpaired) electrons. The Labute approximate surface area is 107 Å². The van der Waals surface area contributed by atoms with E-state index in [1.54, 1.807) is 12.1 Å². The van der Waals surface area contributed by atoms with Gasteiger partial charge in [0.15, 0.2) is 0 Å². The Balaban J connectivity index is 1.95. The standard InChI is InChI=1S/C16H16FN/c17-15-9-5-4-8-13(15)14-10-11-18-16(14)12-6-2-1-3-7-12/h1-9,14,16,18H,10-11H2. The summed E-state index contributed by atoms with van der Waals surface area (Å²) in [5.41, 5.74) is 2.07. The topological polar surface area (TPSA) is 12.0 Å². The van der Waals surface area contributed by atoms with Gasteiger partial charge < -0.3 is 5.32 Å². The lowest BCUT2D eigenvalue weighted by molar-refractivity contribution is 0.534. The van der Waals surface area contributed by atoms with Crippen LogP contribution in [0.25, 0.3) is 0 Å². The van der Waals surface area contributed by atoms with Crippen LogP contribution in [0.5, 0.6) is 0 Å². The molecule has 0 amide bonds. The second-order valence-corrected chi connectivity index (χ2v) is 4.76. The highest BCUT2D eigenvalue weighted by atomic mass is 19.1. The number of hydrogen-bond donors (Lipinski definition) is 1. The molecule has 0 saturated carbocycles. The molecule has 0 bridgehead atoms. The predicted molar refractivity (Wildman–Crippen MR) is 70.9 cm³/mol. The Kier molecular flexibility index (Phi) is 3.11. The van der Waals surface area contributed by atoms with Crippen molar-refractivity contribution in [1.29, 1.82) is 0 Å². The van der Waals surface area contributed by atoms with Crippen molar-refractivity contribution >= 4 is 0 Å². The molecule has 1 aliphatic rings. The van der Waals surface area contributed by atoms with E-state index in [0.717, 1.165) is 18.5 Å². The first-order valence-corrected chi connectivity index (χ1v) is 6.39. The highest BCUT2D eigenvalue weighted by molar-refractivity contribution is 5.30. The first-order chi connectivity index (χ1) is 8.86. The summed E-state index contributed by atoms with van der Waals surface area (Å²) in [6.07, 6.45) is 0.987. The molecule has 1 fully saturated rings. The second-order valence-electron chi connectivity index (χ2n) is 4.76. The van der Waals surface area contributed by atoms with Gasteiger partial charge in [0.05, 0.1) is 0 Å². The molecule has 3 rings (SSSR count). The smallest absolute Gasteiger partial charge is 0.126 e. The van der Waals surface area contributed by atoms with Crippen molar-refractivity contribution in [3.05, 3.63) is 71.5 Å². The molecular weight excluding hydrogens is 225 g/mol. The number of halogens is 1. The third-order valence-corrected chi connectivity index (χ3v) is 3.69. The summed E-state index contributed by atoms with van der Waals surface area (Å²) in [5, 5.41) is 3.48. The second kappa shape index (κ2) is 4.91. The van der Waals surface area contributed by atoms with E-state index in [1.807, 2.05) is 30.3 Å². The summed E-state index contributed by atoms with van der Waals surface area (Å²) >= 11 is 0. The molecule has 0 spiro atoms. The van der Waals surface area contributed by atoms with Crippen molar-refractivity contribution in [2.24, 2.45) is 0 Å². The minimum Gasteiger partial charge on any atom is -0.309 e. The van der Waals surface area contributed by atoms with E-state index in [-0.39, 0.29) is 17.8 Å². The maximum absolute atomic E-state index is 13.9. The Bertz CT molecular complexity index is 524. The van der Waals surface area contributed by atoms with Gasteiger partial charge in [0.2, 0.25) is 0 Å². The molecule has 0 aromatic heterocycles. The van der Waals surface area contributed by atoms with Crippen LogP contribution < -0.4 is 5.32 Å². The van der Waals surface area contributed by atoms with Gasteiger partial charge in [-0.3, -0.25) is 0 Å².